The van der Waals surface area contributed by atoms with Crippen molar-refractivity contribution in [1.29, 1.82) is 0 Å². The second-order valence-corrected chi connectivity index (χ2v) is 10.7. The number of nitrogens with one attached hydrogen (secondary N) is 1. The molecular formula is C24H21ClF5N3O5S. The Balaban J connectivity index is 2.06. The molecule has 39 heavy (non-hydrogen) atoms. The van der Waals surface area contributed by atoms with Gasteiger partial charge in [-0.05, 0) is 38.8 Å². The van der Waals surface area contributed by atoms with Crippen LogP contribution in [-0.4, -0.2) is 30.1 Å². The van der Waals surface area contributed by atoms with Gasteiger partial charge < -0.3 is 9.50 Å². The first-order valence-electron chi connectivity index (χ1n) is 11.1. The predicted molar refractivity (Wildman–Crippen MR) is 135 cm³/mol. The molecule has 0 atom stereocenters. The van der Waals surface area contributed by atoms with Gasteiger partial charge in [0.2, 0.25) is 5.91 Å². The van der Waals surface area contributed by atoms with E-state index in [0.717, 1.165) is 13.1 Å². The molecule has 1 aromatic carbocycles. The van der Waals surface area contributed by atoms with Gasteiger partial charge >= 0.3 is 15.6 Å². The Morgan fingerprint density at radius 1 is 1.28 bits per heavy atom. The molecule has 2 aromatic rings. The van der Waals surface area contributed by atoms with E-state index in [1.54, 1.807) is 13.8 Å². The highest BCUT2D eigenvalue weighted by atomic mass is 35.5. The number of allylic oxidation sites excluding steroid dienone is 2. The molecule has 210 valence electrons. The molecule has 0 bridgehead atoms. The Hall–Kier alpha value is -3.52. The lowest BCUT2D eigenvalue weighted by Crippen LogP contribution is -2.29. The Bertz CT molecular complexity index is 1580. The zero-order valence-electron chi connectivity index (χ0n) is 20.6. The zero-order chi connectivity index (χ0) is 29.3. The minimum absolute atomic E-state index is 0.227. The summed E-state index contributed by atoms with van der Waals surface area (Å²) in [5, 5.41) is 1.38. The van der Waals surface area contributed by atoms with Gasteiger partial charge in [-0.15, -0.1) is 0 Å². The summed E-state index contributed by atoms with van der Waals surface area (Å²) in [5.41, 5.74) is -9.23. The number of carbonyl (C=O) groups is 1. The molecule has 3 rings (SSSR count). The van der Waals surface area contributed by atoms with E-state index in [2.05, 4.69) is 14.5 Å². The normalized spacial score (nSPS) is 15.9. The highest BCUT2D eigenvalue weighted by Crippen LogP contribution is 2.46. The number of aliphatic imine (C=N–C) groups is 1. The number of amides is 1. The van der Waals surface area contributed by atoms with E-state index in [1.165, 1.54) is 24.3 Å². The zero-order valence-corrected chi connectivity index (χ0v) is 22.1. The Labute approximate surface area is 224 Å². The van der Waals surface area contributed by atoms with Crippen LogP contribution in [0.2, 0.25) is 5.02 Å². The maximum atomic E-state index is 15.5. The maximum absolute atomic E-state index is 15.5. The first kappa shape index (κ1) is 30.0. The average Bonchev–Trinajstić information content (AvgIpc) is 3.60. The van der Waals surface area contributed by atoms with Crippen LogP contribution in [-0.2, 0) is 14.9 Å². The number of halogens is 6. The van der Waals surface area contributed by atoms with Gasteiger partial charge in [-0.3, -0.25) is 19.1 Å². The average molecular weight is 594 g/mol. The first-order valence-corrected chi connectivity index (χ1v) is 12.9. The lowest BCUT2D eigenvalue weighted by atomic mass is 10.1. The minimum atomic E-state index is -6.15. The van der Waals surface area contributed by atoms with Gasteiger partial charge in [0.25, 0.3) is 5.56 Å². The van der Waals surface area contributed by atoms with Crippen molar-refractivity contribution < 1.29 is 39.3 Å². The second kappa shape index (κ2) is 10.9. The Morgan fingerprint density at radius 3 is 2.49 bits per heavy atom. The van der Waals surface area contributed by atoms with Gasteiger partial charge in [0.1, 0.15) is 10.7 Å². The SMILES string of the molecule is C/C=C/N=C(/C(F)=C/n1c(C)cc(OS(=O)(=O)C(F)(F)F)c(Cl)c1=O)c1cccc(NC(=O)C2(C)CC2)c1F. The molecule has 1 heterocycles. The molecule has 1 aliphatic rings. The van der Waals surface area contributed by atoms with Crippen molar-refractivity contribution in [2.75, 3.05) is 5.32 Å². The van der Waals surface area contributed by atoms with Crippen LogP contribution in [0.1, 0.15) is 37.9 Å². The number of hydrogen-bond donors (Lipinski definition) is 1. The van der Waals surface area contributed by atoms with E-state index in [0.29, 0.717) is 29.7 Å². The molecule has 1 amide bonds. The van der Waals surface area contributed by atoms with Crippen molar-refractivity contribution in [1.82, 2.24) is 4.57 Å². The molecule has 0 saturated heterocycles. The molecule has 0 spiro atoms. The van der Waals surface area contributed by atoms with Gasteiger partial charge in [0.15, 0.2) is 17.4 Å². The van der Waals surface area contributed by atoms with Crippen LogP contribution in [0, 0.1) is 18.2 Å². The molecule has 8 nitrogen and oxygen atoms in total. The number of rotatable bonds is 8. The number of carbonyl (C=O) groups excluding carboxylic acids is 1. The van der Waals surface area contributed by atoms with Crippen molar-refractivity contribution in [2.45, 2.75) is 39.1 Å². The van der Waals surface area contributed by atoms with Gasteiger partial charge in [0, 0.05) is 28.9 Å². The topological polar surface area (TPSA) is 107 Å². The van der Waals surface area contributed by atoms with Crippen LogP contribution in [0.4, 0.5) is 27.6 Å². The maximum Gasteiger partial charge on any atom is 0.534 e. The number of alkyl halides is 3. The van der Waals surface area contributed by atoms with Crippen LogP contribution in [0.5, 0.6) is 5.75 Å². The molecule has 0 radical (unpaired) electrons. The predicted octanol–water partition coefficient (Wildman–Crippen LogP) is 5.71. The van der Waals surface area contributed by atoms with Gasteiger partial charge in [0.05, 0.1) is 11.9 Å². The third kappa shape index (κ3) is 6.38. The van der Waals surface area contributed by atoms with E-state index < -0.39 is 60.6 Å². The fraction of sp³-hybridized carbons (Fsp3) is 0.292. The quantitative estimate of drug-likeness (QED) is 0.183. The largest absolute Gasteiger partial charge is 0.534 e. The smallest absolute Gasteiger partial charge is 0.374 e. The molecule has 1 fully saturated rings. The lowest BCUT2D eigenvalue weighted by Gasteiger charge is -2.14. The number of anilines is 1. The summed E-state index contributed by atoms with van der Waals surface area (Å²) >= 11 is 5.74. The van der Waals surface area contributed by atoms with E-state index >= 15 is 8.78 Å². The molecule has 0 aliphatic heterocycles. The summed E-state index contributed by atoms with van der Waals surface area (Å²) in [5.74, 6) is -3.82. The van der Waals surface area contributed by atoms with E-state index in [-0.39, 0.29) is 16.9 Å². The Kier molecular flexibility index (Phi) is 8.41. The first-order chi connectivity index (χ1) is 18.0. The van der Waals surface area contributed by atoms with Gasteiger partial charge in [-0.2, -0.15) is 21.6 Å². The van der Waals surface area contributed by atoms with Crippen molar-refractivity contribution in [2.24, 2.45) is 10.4 Å². The third-order valence-corrected chi connectivity index (χ3v) is 7.01. The molecular weight excluding hydrogens is 573 g/mol. The van der Waals surface area contributed by atoms with E-state index in [4.69, 9.17) is 11.6 Å². The number of hydrogen-bond acceptors (Lipinski definition) is 6. The number of nitrogens with zero attached hydrogens (tertiary/aromatic N) is 2. The number of aromatic nitrogens is 1. The summed E-state index contributed by atoms with van der Waals surface area (Å²) in [4.78, 5) is 29.0. The van der Waals surface area contributed by atoms with Crippen LogP contribution >= 0.6 is 11.6 Å². The third-order valence-electron chi connectivity index (χ3n) is 5.70. The summed E-state index contributed by atoms with van der Waals surface area (Å²) < 4.78 is 96.1. The summed E-state index contributed by atoms with van der Waals surface area (Å²) in [6.07, 6.45) is 4.36. The second-order valence-electron chi connectivity index (χ2n) is 8.74. The molecule has 1 saturated carbocycles. The lowest BCUT2D eigenvalue weighted by molar-refractivity contribution is -0.120. The summed E-state index contributed by atoms with van der Waals surface area (Å²) in [6.45, 7) is 4.40. The molecule has 15 heteroatoms. The van der Waals surface area contributed by atoms with E-state index in [1.807, 2.05) is 0 Å². The van der Waals surface area contributed by atoms with Crippen LogP contribution in [0.15, 0.2) is 52.2 Å². The highest BCUT2D eigenvalue weighted by molar-refractivity contribution is 7.88. The van der Waals surface area contributed by atoms with Crippen molar-refractivity contribution in [3.63, 3.8) is 0 Å². The Morgan fingerprint density at radius 2 is 1.92 bits per heavy atom. The van der Waals surface area contributed by atoms with Crippen LogP contribution < -0.4 is 15.1 Å². The summed E-state index contributed by atoms with van der Waals surface area (Å²) in [7, 11) is -6.15. The monoisotopic (exact) mass is 593 g/mol. The number of pyridine rings is 1. The highest BCUT2D eigenvalue weighted by Gasteiger charge is 2.49. The standard InChI is InChI=1S/C24H21ClF5N3O5S/c1-4-10-31-20(14-6-5-7-16(19(14)27)32-22(35)23(3)8-9-23)15(26)12-33-13(2)11-17(18(25)21(33)34)38-39(36,37)24(28,29)30/h4-7,10-12H,8-9H2,1-3H3,(H,32,35)/b10-4+,15-12-,31-20+. The number of aryl methyl sites for hydroxylation is 1. The molecule has 1 aliphatic carbocycles. The number of benzene rings is 1. The van der Waals surface area contributed by atoms with Crippen molar-refractivity contribution in [3.8, 4) is 5.75 Å². The van der Waals surface area contributed by atoms with Crippen molar-refractivity contribution in [3.05, 3.63) is 74.8 Å². The molecule has 0 unspecified atom stereocenters. The molecule has 1 aromatic heterocycles. The fourth-order valence-corrected chi connectivity index (χ4v) is 3.86. The van der Waals surface area contributed by atoms with Crippen LogP contribution in [0.3, 0.4) is 0 Å². The van der Waals surface area contributed by atoms with Crippen LogP contribution in [0.25, 0.3) is 6.20 Å². The minimum Gasteiger partial charge on any atom is -0.374 e. The fourth-order valence-electron chi connectivity index (χ4n) is 3.16. The molecule has 1 N–H and O–H groups in total. The summed E-state index contributed by atoms with van der Waals surface area (Å²) in [6, 6.07) is 4.48. The van der Waals surface area contributed by atoms with Gasteiger partial charge in [-0.25, -0.2) is 8.78 Å². The van der Waals surface area contributed by atoms with Gasteiger partial charge in [-0.1, -0.05) is 30.7 Å². The van der Waals surface area contributed by atoms with E-state index in [9.17, 15) is 31.2 Å². The van der Waals surface area contributed by atoms with Crippen molar-refractivity contribution >= 4 is 45.2 Å².